The smallest absolute Gasteiger partial charge is 0.215 e. The van der Waals surface area contributed by atoms with Gasteiger partial charge >= 0.3 is 0 Å². The lowest BCUT2D eigenvalue weighted by atomic mass is 10.7. The van der Waals surface area contributed by atoms with Crippen LogP contribution in [0.5, 0.6) is 0 Å². The summed E-state index contributed by atoms with van der Waals surface area (Å²) in [7, 11) is -4.50. The van der Waals surface area contributed by atoms with E-state index in [1.54, 1.807) is 0 Å². The molecule has 0 radical (unpaired) electrons. The SMILES string of the molecule is C=CC[S+](CC=C)CC=C.O=S(=O)([O-])O. The van der Waals surface area contributed by atoms with Crippen LogP contribution in [-0.2, 0) is 21.3 Å². The van der Waals surface area contributed by atoms with Crippen LogP contribution in [0.1, 0.15) is 0 Å². The Hall–Kier alpha value is -0.560. The zero-order valence-electron chi connectivity index (χ0n) is 8.46. The van der Waals surface area contributed by atoms with E-state index in [1.165, 1.54) is 0 Å². The van der Waals surface area contributed by atoms with Crippen molar-refractivity contribution in [3.05, 3.63) is 38.0 Å². The molecule has 0 aliphatic carbocycles. The fourth-order valence-electron chi connectivity index (χ4n) is 0.704. The monoisotopic (exact) mass is 252 g/mol. The molecule has 0 unspecified atom stereocenters. The number of hydrogen-bond acceptors (Lipinski definition) is 3. The fourth-order valence-corrected chi connectivity index (χ4v) is 2.11. The second-order valence-corrected chi connectivity index (χ2v) is 5.49. The molecule has 0 heterocycles. The van der Waals surface area contributed by atoms with Gasteiger partial charge in [-0.2, -0.15) is 0 Å². The Morgan fingerprint density at radius 2 is 1.27 bits per heavy atom. The second kappa shape index (κ2) is 9.97. The molecule has 0 aromatic heterocycles. The van der Waals surface area contributed by atoms with Crippen molar-refractivity contribution in [3.63, 3.8) is 0 Å². The van der Waals surface area contributed by atoms with E-state index in [0.717, 1.165) is 17.3 Å². The molecule has 0 aromatic carbocycles. The quantitative estimate of drug-likeness (QED) is 0.333. The van der Waals surface area contributed by atoms with Crippen molar-refractivity contribution >= 4 is 21.3 Å². The minimum atomic E-state index is -4.92. The van der Waals surface area contributed by atoms with Crippen molar-refractivity contribution in [3.8, 4) is 0 Å². The summed E-state index contributed by atoms with van der Waals surface area (Å²) in [4.78, 5) is 0. The Labute approximate surface area is 94.3 Å². The van der Waals surface area contributed by atoms with Gasteiger partial charge in [0.05, 0.1) is 0 Å². The molecule has 1 N–H and O–H groups in total. The molecule has 0 aromatic rings. The molecule has 0 fully saturated rings. The van der Waals surface area contributed by atoms with Crippen LogP contribution in [0.25, 0.3) is 0 Å². The Bertz CT molecular complexity index is 251. The lowest BCUT2D eigenvalue weighted by molar-refractivity contribution is 0.366. The van der Waals surface area contributed by atoms with Crippen molar-refractivity contribution in [2.75, 3.05) is 17.3 Å². The number of hydrogen-bond donors (Lipinski definition) is 1. The minimum Gasteiger partial charge on any atom is -0.726 e. The van der Waals surface area contributed by atoms with Crippen LogP contribution in [-0.4, -0.2) is 34.8 Å². The van der Waals surface area contributed by atoms with Crippen molar-refractivity contribution in [1.82, 2.24) is 0 Å². The van der Waals surface area contributed by atoms with E-state index in [4.69, 9.17) is 17.5 Å². The van der Waals surface area contributed by atoms with Gasteiger partial charge < -0.3 is 4.55 Å². The van der Waals surface area contributed by atoms with Crippen molar-refractivity contribution < 1.29 is 17.5 Å². The number of rotatable bonds is 6. The summed E-state index contributed by atoms with van der Waals surface area (Å²) in [6.07, 6.45) is 5.91. The van der Waals surface area contributed by atoms with E-state index in [9.17, 15) is 0 Å². The van der Waals surface area contributed by atoms with Gasteiger partial charge in [-0.1, -0.05) is 19.7 Å². The lowest BCUT2D eigenvalue weighted by Crippen LogP contribution is -2.11. The fraction of sp³-hybridized carbons (Fsp3) is 0.333. The van der Waals surface area contributed by atoms with Gasteiger partial charge in [0.1, 0.15) is 17.3 Å². The second-order valence-electron chi connectivity index (χ2n) is 2.41. The van der Waals surface area contributed by atoms with Crippen LogP contribution < -0.4 is 0 Å². The molecule has 0 spiro atoms. The Balaban J connectivity index is 0. The molecule has 0 bridgehead atoms. The first-order valence-corrected chi connectivity index (χ1v) is 7.10. The van der Waals surface area contributed by atoms with Gasteiger partial charge in [0.2, 0.25) is 10.4 Å². The summed E-state index contributed by atoms with van der Waals surface area (Å²) in [6, 6.07) is 0. The van der Waals surface area contributed by atoms with Crippen LogP contribution in [0, 0.1) is 0 Å². The average Bonchev–Trinajstić information content (AvgIpc) is 2.02. The van der Waals surface area contributed by atoms with Crippen LogP contribution in [0.15, 0.2) is 38.0 Å². The highest BCUT2D eigenvalue weighted by Crippen LogP contribution is 1.97. The van der Waals surface area contributed by atoms with Crippen LogP contribution >= 0.6 is 0 Å². The van der Waals surface area contributed by atoms with E-state index in [2.05, 4.69) is 19.7 Å². The molecule has 0 saturated heterocycles. The maximum absolute atomic E-state index is 8.63. The molecule has 0 rings (SSSR count). The molecule has 0 aliphatic heterocycles. The summed E-state index contributed by atoms with van der Waals surface area (Å²) >= 11 is 0. The molecule has 0 saturated carbocycles. The van der Waals surface area contributed by atoms with Crippen LogP contribution in [0.2, 0.25) is 0 Å². The van der Waals surface area contributed by atoms with Crippen molar-refractivity contribution in [1.29, 1.82) is 0 Å². The summed E-state index contributed by atoms with van der Waals surface area (Å²) in [5.74, 6) is 3.29. The van der Waals surface area contributed by atoms with Gasteiger partial charge in [-0.25, -0.2) is 8.42 Å². The Morgan fingerprint density at radius 1 is 1.07 bits per heavy atom. The molecule has 6 heteroatoms. The molecular formula is C9H16O4S2. The molecule has 0 aliphatic rings. The standard InChI is InChI=1S/C9H15S.H2O4S/c1-4-7-10(8-5-2)9-6-3;1-5(2,3)4/h4-6H,1-3,7-9H2;(H2,1,2,3,4)/q+1;/p-1. The first-order chi connectivity index (χ1) is 6.85. The Morgan fingerprint density at radius 3 is 1.40 bits per heavy atom. The maximum Gasteiger partial charge on any atom is 0.215 e. The molecule has 88 valence electrons. The molecule has 4 nitrogen and oxygen atoms in total. The average molecular weight is 252 g/mol. The van der Waals surface area contributed by atoms with Gasteiger partial charge in [-0.05, 0) is 29.1 Å². The predicted octanol–water partition coefficient (Wildman–Crippen LogP) is 1.17. The topological polar surface area (TPSA) is 77.4 Å². The summed E-state index contributed by atoms with van der Waals surface area (Å²) < 4.78 is 32.8. The molecule has 0 amide bonds. The van der Waals surface area contributed by atoms with Crippen LogP contribution in [0.3, 0.4) is 0 Å². The van der Waals surface area contributed by atoms with Gasteiger partial charge in [0.15, 0.2) is 0 Å². The third-order valence-electron chi connectivity index (χ3n) is 1.06. The van der Waals surface area contributed by atoms with Gasteiger partial charge in [-0.3, -0.25) is 4.55 Å². The van der Waals surface area contributed by atoms with Crippen LogP contribution in [0.4, 0.5) is 0 Å². The summed E-state index contributed by atoms with van der Waals surface area (Å²) in [5, 5.41) is 0. The normalized spacial score (nSPS) is 10.1. The Kier molecular flexibility index (Phi) is 11.2. The highest BCUT2D eigenvalue weighted by Gasteiger charge is 2.09. The zero-order valence-corrected chi connectivity index (χ0v) is 10.1. The summed E-state index contributed by atoms with van der Waals surface area (Å²) in [5.41, 5.74) is 0. The van der Waals surface area contributed by atoms with E-state index in [1.807, 2.05) is 18.2 Å². The molecule has 15 heavy (non-hydrogen) atoms. The van der Waals surface area contributed by atoms with E-state index < -0.39 is 10.4 Å². The first-order valence-electron chi connectivity index (χ1n) is 4.00. The predicted molar refractivity (Wildman–Crippen MR) is 64.9 cm³/mol. The third kappa shape index (κ3) is 24.7. The van der Waals surface area contributed by atoms with E-state index >= 15 is 0 Å². The highest BCUT2D eigenvalue weighted by atomic mass is 32.3. The lowest BCUT2D eigenvalue weighted by Gasteiger charge is -1.98. The third-order valence-corrected chi connectivity index (χ3v) is 3.18. The van der Waals surface area contributed by atoms with Crippen molar-refractivity contribution in [2.24, 2.45) is 0 Å². The van der Waals surface area contributed by atoms with E-state index in [-0.39, 0.29) is 0 Å². The maximum atomic E-state index is 8.63. The minimum absolute atomic E-state index is 0.421. The molecular weight excluding hydrogens is 236 g/mol. The van der Waals surface area contributed by atoms with E-state index in [0.29, 0.717) is 10.9 Å². The highest BCUT2D eigenvalue weighted by molar-refractivity contribution is 7.97. The van der Waals surface area contributed by atoms with Gasteiger partial charge in [0.25, 0.3) is 0 Å². The largest absolute Gasteiger partial charge is 0.726 e. The van der Waals surface area contributed by atoms with Crippen molar-refractivity contribution in [2.45, 2.75) is 0 Å². The van der Waals surface area contributed by atoms with Gasteiger partial charge in [0, 0.05) is 0 Å². The first kappa shape index (κ1) is 16.9. The molecule has 0 atom stereocenters. The van der Waals surface area contributed by atoms with Gasteiger partial charge in [-0.15, -0.1) is 0 Å². The zero-order chi connectivity index (χ0) is 12.3. The summed E-state index contributed by atoms with van der Waals surface area (Å²) in [6.45, 7) is 11.1.